The number of carbonyl (C=O) groups is 1. The first kappa shape index (κ1) is 22.7. The number of hydrogen-bond acceptors (Lipinski definition) is 5. The predicted octanol–water partition coefficient (Wildman–Crippen LogP) is 3.66. The molecule has 0 spiro atoms. The summed E-state index contributed by atoms with van der Waals surface area (Å²) in [5.41, 5.74) is 2.24. The molecular formula is C25H23ClN2O5S. The van der Waals surface area contributed by atoms with E-state index in [0.29, 0.717) is 31.0 Å². The summed E-state index contributed by atoms with van der Waals surface area (Å²) in [5.74, 6) is 0.794. The van der Waals surface area contributed by atoms with Crippen LogP contribution in [0.3, 0.4) is 0 Å². The Hall–Kier alpha value is -3.07. The number of para-hydroxylation sites is 2. The van der Waals surface area contributed by atoms with E-state index >= 15 is 0 Å². The minimum absolute atomic E-state index is 0.0348. The van der Waals surface area contributed by atoms with Gasteiger partial charge in [0.25, 0.3) is 5.91 Å². The van der Waals surface area contributed by atoms with Gasteiger partial charge >= 0.3 is 0 Å². The van der Waals surface area contributed by atoms with Gasteiger partial charge in [0.15, 0.2) is 11.5 Å². The predicted molar refractivity (Wildman–Crippen MR) is 128 cm³/mol. The van der Waals surface area contributed by atoms with E-state index in [1.165, 1.54) is 22.5 Å². The van der Waals surface area contributed by atoms with Crippen LogP contribution in [0.1, 0.15) is 21.5 Å². The van der Waals surface area contributed by atoms with Crippen molar-refractivity contribution in [2.75, 3.05) is 19.7 Å². The lowest BCUT2D eigenvalue weighted by atomic mass is 10.0. The Morgan fingerprint density at radius 1 is 1.03 bits per heavy atom. The molecule has 1 N–H and O–H groups in total. The number of benzene rings is 3. The molecule has 0 bridgehead atoms. The summed E-state index contributed by atoms with van der Waals surface area (Å²) in [6.45, 7) is 1.15. The molecule has 0 radical (unpaired) electrons. The lowest BCUT2D eigenvalue weighted by Gasteiger charge is -2.28. The van der Waals surface area contributed by atoms with Gasteiger partial charge in [-0.1, -0.05) is 48.0 Å². The highest BCUT2D eigenvalue weighted by atomic mass is 35.5. The van der Waals surface area contributed by atoms with Crippen LogP contribution < -0.4 is 14.8 Å². The molecule has 5 rings (SSSR count). The molecular weight excluding hydrogens is 476 g/mol. The van der Waals surface area contributed by atoms with Crippen molar-refractivity contribution in [3.05, 3.63) is 88.4 Å². The Morgan fingerprint density at radius 2 is 1.76 bits per heavy atom. The van der Waals surface area contributed by atoms with Crippen LogP contribution in [-0.2, 0) is 23.0 Å². The highest BCUT2D eigenvalue weighted by Gasteiger charge is 2.29. The van der Waals surface area contributed by atoms with Crippen LogP contribution in [0.5, 0.6) is 11.5 Å². The number of sulfonamides is 1. The number of halogens is 1. The summed E-state index contributed by atoms with van der Waals surface area (Å²) in [5, 5.41) is 2.95. The highest BCUT2D eigenvalue weighted by Crippen LogP contribution is 2.31. The maximum Gasteiger partial charge on any atom is 0.252 e. The molecule has 176 valence electrons. The standard InChI is InChI=1S/C25H23ClN2O5S/c26-22-10-9-20(34(30,31)28-12-11-17-5-1-2-6-18(17)15-28)13-21(22)25(29)27-14-19-16-32-23-7-3-4-8-24(23)33-19/h1-10,13,19H,11-12,14-16H2,(H,27,29)/t19-/m1/s1. The Morgan fingerprint density at radius 3 is 2.59 bits per heavy atom. The first-order valence-electron chi connectivity index (χ1n) is 10.9. The van der Waals surface area contributed by atoms with E-state index < -0.39 is 15.9 Å². The van der Waals surface area contributed by atoms with Crippen molar-refractivity contribution in [1.29, 1.82) is 0 Å². The van der Waals surface area contributed by atoms with Crippen molar-refractivity contribution in [1.82, 2.24) is 9.62 Å². The fourth-order valence-electron chi connectivity index (χ4n) is 4.13. The molecule has 34 heavy (non-hydrogen) atoms. The van der Waals surface area contributed by atoms with Crippen molar-refractivity contribution < 1.29 is 22.7 Å². The zero-order valence-corrected chi connectivity index (χ0v) is 19.8. The van der Waals surface area contributed by atoms with E-state index in [1.807, 2.05) is 42.5 Å². The average Bonchev–Trinajstić information content (AvgIpc) is 2.87. The van der Waals surface area contributed by atoms with Crippen molar-refractivity contribution in [3.63, 3.8) is 0 Å². The van der Waals surface area contributed by atoms with Gasteiger partial charge in [-0.2, -0.15) is 4.31 Å². The lowest BCUT2D eigenvalue weighted by Crippen LogP contribution is -2.41. The fraction of sp³-hybridized carbons (Fsp3) is 0.240. The summed E-state index contributed by atoms with van der Waals surface area (Å²) in [4.78, 5) is 12.9. The summed E-state index contributed by atoms with van der Waals surface area (Å²) in [6.07, 6.45) is 0.265. The average molecular weight is 499 g/mol. The van der Waals surface area contributed by atoms with Gasteiger partial charge in [0.1, 0.15) is 12.7 Å². The fourth-order valence-corrected chi connectivity index (χ4v) is 5.78. The maximum atomic E-state index is 13.3. The number of fused-ring (bicyclic) bond motifs is 2. The van der Waals surface area contributed by atoms with Crippen LogP contribution in [0.2, 0.25) is 5.02 Å². The van der Waals surface area contributed by atoms with E-state index in [0.717, 1.165) is 11.1 Å². The molecule has 0 fully saturated rings. The molecule has 2 aliphatic rings. The van der Waals surface area contributed by atoms with E-state index in [4.69, 9.17) is 21.1 Å². The maximum absolute atomic E-state index is 13.3. The molecule has 3 aromatic carbocycles. The molecule has 2 aliphatic heterocycles. The first-order chi connectivity index (χ1) is 16.4. The van der Waals surface area contributed by atoms with Crippen LogP contribution in [0.15, 0.2) is 71.6 Å². The summed E-state index contributed by atoms with van der Waals surface area (Å²) >= 11 is 6.26. The molecule has 0 aromatic heterocycles. The Kier molecular flexibility index (Phi) is 6.20. The highest BCUT2D eigenvalue weighted by molar-refractivity contribution is 7.89. The number of carbonyl (C=O) groups excluding carboxylic acids is 1. The minimum atomic E-state index is -3.80. The molecule has 1 atom stereocenters. The molecule has 0 aliphatic carbocycles. The third kappa shape index (κ3) is 4.49. The lowest BCUT2D eigenvalue weighted by molar-refractivity contribution is 0.0789. The minimum Gasteiger partial charge on any atom is -0.486 e. The number of ether oxygens (including phenoxy) is 2. The van der Waals surface area contributed by atoms with Gasteiger partial charge in [0.05, 0.1) is 22.0 Å². The monoisotopic (exact) mass is 498 g/mol. The quantitative estimate of drug-likeness (QED) is 0.580. The van der Waals surface area contributed by atoms with Crippen molar-refractivity contribution in [2.45, 2.75) is 24.0 Å². The van der Waals surface area contributed by atoms with Gasteiger partial charge < -0.3 is 14.8 Å². The van der Waals surface area contributed by atoms with Crippen LogP contribution >= 0.6 is 11.6 Å². The van der Waals surface area contributed by atoms with Gasteiger partial charge in [-0.15, -0.1) is 0 Å². The van der Waals surface area contributed by atoms with Crippen LogP contribution in [0, 0.1) is 0 Å². The van der Waals surface area contributed by atoms with Crippen LogP contribution in [-0.4, -0.2) is 44.4 Å². The zero-order chi connectivity index (χ0) is 23.7. The van der Waals surface area contributed by atoms with E-state index in [9.17, 15) is 13.2 Å². The number of nitrogens with one attached hydrogen (secondary N) is 1. The van der Waals surface area contributed by atoms with Gasteiger partial charge in [0.2, 0.25) is 10.0 Å². The second kappa shape index (κ2) is 9.29. The molecule has 7 nitrogen and oxygen atoms in total. The van der Waals surface area contributed by atoms with E-state index in [1.54, 1.807) is 6.07 Å². The Labute approximate surface area is 203 Å². The summed E-state index contributed by atoms with van der Waals surface area (Å²) in [7, 11) is -3.80. The second-order valence-corrected chi connectivity index (χ2v) is 10.6. The molecule has 1 amide bonds. The molecule has 0 unspecified atom stereocenters. The Balaban J connectivity index is 1.29. The number of hydrogen-bond donors (Lipinski definition) is 1. The van der Waals surface area contributed by atoms with Crippen LogP contribution in [0.4, 0.5) is 0 Å². The largest absolute Gasteiger partial charge is 0.486 e. The van der Waals surface area contributed by atoms with E-state index in [2.05, 4.69) is 5.32 Å². The molecule has 0 saturated heterocycles. The first-order valence-corrected chi connectivity index (χ1v) is 12.8. The van der Waals surface area contributed by atoms with Crippen molar-refractivity contribution >= 4 is 27.5 Å². The van der Waals surface area contributed by atoms with Gasteiger partial charge in [-0.25, -0.2) is 8.42 Å². The third-order valence-corrected chi connectivity index (χ3v) is 8.14. The third-order valence-electron chi connectivity index (χ3n) is 5.97. The summed E-state index contributed by atoms with van der Waals surface area (Å²) < 4.78 is 39.6. The van der Waals surface area contributed by atoms with Gasteiger partial charge in [-0.3, -0.25) is 4.79 Å². The van der Waals surface area contributed by atoms with Crippen LogP contribution in [0.25, 0.3) is 0 Å². The van der Waals surface area contributed by atoms with Crippen molar-refractivity contribution in [2.24, 2.45) is 0 Å². The molecule has 3 aromatic rings. The zero-order valence-electron chi connectivity index (χ0n) is 18.2. The number of rotatable bonds is 5. The second-order valence-electron chi connectivity index (χ2n) is 8.21. The van der Waals surface area contributed by atoms with Crippen molar-refractivity contribution in [3.8, 4) is 11.5 Å². The number of nitrogens with zero attached hydrogens (tertiary/aromatic N) is 1. The smallest absolute Gasteiger partial charge is 0.252 e. The normalized spacial score (nSPS) is 17.6. The van der Waals surface area contributed by atoms with Gasteiger partial charge in [0, 0.05) is 13.1 Å². The summed E-state index contributed by atoms with van der Waals surface area (Å²) in [6, 6.07) is 19.3. The molecule has 9 heteroatoms. The van der Waals surface area contributed by atoms with Gasteiger partial charge in [-0.05, 0) is 47.9 Å². The molecule has 0 saturated carbocycles. The Bertz CT molecular complexity index is 1340. The SMILES string of the molecule is O=C(NC[C@@H]1COc2ccccc2O1)c1cc(S(=O)(=O)N2CCc3ccccc3C2)ccc1Cl. The topological polar surface area (TPSA) is 84.9 Å². The number of amides is 1. The molecule has 2 heterocycles. The van der Waals surface area contributed by atoms with E-state index in [-0.39, 0.29) is 34.7 Å².